The lowest BCUT2D eigenvalue weighted by Crippen LogP contribution is -2.41. The first kappa shape index (κ1) is 23.6. The van der Waals surface area contributed by atoms with E-state index < -0.39 is 0 Å². The Hall–Kier alpha value is -2.03. The van der Waals surface area contributed by atoms with E-state index in [0.29, 0.717) is 23.7 Å². The van der Waals surface area contributed by atoms with E-state index >= 15 is 0 Å². The maximum absolute atomic E-state index is 12.3. The van der Waals surface area contributed by atoms with Gasteiger partial charge in [0.15, 0.2) is 0 Å². The summed E-state index contributed by atoms with van der Waals surface area (Å²) >= 11 is 5.08. The summed E-state index contributed by atoms with van der Waals surface area (Å²) < 4.78 is 0.764. The summed E-state index contributed by atoms with van der Waals surface area (Å²) in [5.74, 6) is -0.0680. The van der Waals surface area contributed by atoms with Gasteiger partial charge in [0, 0.05) is 28.1 Å². The van der Waals surface area contributed by atoms with Crippen LogP contribution in [0.3, 0.4) is 0 Å². The number of halogens is 1. The van der Waals surface area contributed by atoms with Crippen molar-refractivity contribution in [2.24, 2.45) is 5.92 Å². The van der Waals surface area contributed by atoms with Crippen molar-refractivity contribution in [1.29, 1.82) is 0 Å². The van der Waals surface area contributed by atoms with Crippen molar-refractivity contribution < 1.29 is 9.59 Å². The van der Waals surface area contributed by atoms with E-state index in [2.05, 4.69) is 62.0 Å². The Bertz CT molecular complexity index is 899. The van der Waals surface area contributed by atoms with Gasteiger partial charge in [-0.1, -0.05) is 28.1 Å². The van der Waals surface area contributed by atoms with E-state index in [4.69, 9.17) is 5.73 Å². The molecule has 0 unspecified atom stereocenters. The first-order valence-corrected chi connectivity index (χ1v) is 12.4. The molecule has 0 aromatic heterocycles. The molecule has 0 radical (unpaired) electrons. The van der Waals surface area contributed by atoms with Crippen LogP contribution in [0.5, 0.6) is 0 Å². The van der Waals surface area contributed by atoms with E-state index in [-0.39, 0.29) is 18.4 Å². The molecule has 166 valence electrons. The summed E-state index contributed by atoms with van der Waals surface area (Å²) in [6.07, 6.45) is 4.21. The summed E-state index contributed by atoms with van der Waals surface area (Å²) in [7, 11) is 0. The van der Waals surface area contributed by atoms with Gasteiger partial charge in [-0.2, -0.15) is 0 Å². The Kier molecular flexibility index (Phi) is 8.80. The molecule has 1 aliphatic rings. The Morgan fingerprint density at radius 1 is 1.13 bits per heavy atom. The van der Waals surface area contributed by atoms with Crippen molar-refractivity contribution in [2.45, 2.75) is 24.3 Å². The number of anilines is 1. The van der Waals surface area contributed by atoms with Crippen molar-refractivity contribution in [3.63, 3.8) is 0 Å². The Morgan fingerprint density at radius 2 is 1.84 bits per heavy atom. The number of hydrogen-bond donors (Lipinski definition) is 3. The van der Waals surface area contributed by atoms with Crippen molar-refractivity contribution in [3.8, 4) is 0 Å². The van der Waals surface area contributed by atoms with Crippen LogP contribution >= 0.6 is 27.7 Å². The lowest BCUT2D eigenvalue weighted by Gasteiger charge is -2.32. The molecule has 31 heavy (non-hydrogen) atoms. The molecule has 8 heteroatoms. The van der Waals surface area contributed by atoms with Crippen molar-refractivity contribution in [2.75, 3.05) is 38.2 Å². The predicted molar refractivity (Wildman–Crippen MR) is 130 cm³/mol. The molecule has 1 saturated heterocycles. The predicted octanol–water partition coefficient (Wildman–Crippen LogP) is 3.51. The average molecular weight is 505 g/mol. The number of carbonyl (C=O) groups is 2. The van der Waals surface area contributed by atoms with E-state index in [1.165, 1.54) is 10.5 Å². The van der Waals surface area contributed by atoms with E-state index in [9.17, 15) is 9.59 Å². The number of thioether (sulfide) groups is 1. The molecular weight excluding hydrogens is 476 g/mol. The normalized spacial score (nSPS) is 14.9. The lowest BCUT2D eigenvalue weighted by atomic mass is 9.96. The molecule has 2 amide bonds. The zero-order valence-corrected chi connectivity index (χ0v) is 20.1. The Morgan fingerprint density at radius 3 is 2.52 bits per heavy atom. The first-order valence-electron chi connectivity index (χ1n) is 10.4. The second-order valence-electron chi connectivity index (χ2n) is 7.79. The molecule has 1 aliphatic heterocycles. The molecule has 0 atom stereocenters. The molecular formula is C23H29BrN4O2S. The highest BCUT2D eigenvalue weighted by molar-refractivity contribution is 9.10. The van der Waals surface area contributed by atoms with Gasteiger partial charge in [0.05, 0.1) is 12.1 Å². The fourth-order valence-corrected chi connectivity index (χ4v) is 4.41. The van der Waals surface area contributed by atoms with Crippen LogP contribution in [0, 0.1) is 5.92 Å². The number of rotatable bonds is 8. The minimum Gasteiger partial charge on any atom is -0.398 e. The summed E-state index contributed by atoms with van der Waals surface area (Å²) in [4.78, 5) is 28.2. The number of amides is 2. The Labute approximate surface area is 196 Å². The van der Waals surface area contributed by atoms with Gasteiger partial charge in [-0.25, -0.2) is 0 Å². The number of likely N-dealkylation sites (tertiary alicyclic amines) is 1. The summed E-state index contributed by atoms with van der Waals surface area (Å²) in [6.45, 7) is 3.62. The fraction of sp³-hybridized carbons (Fsp3) is 0.391. The number of nitrogen functional groups attached to an aromatic ring is 1. The van der Waals surface area contributed by atoms with Gasteiger partial charge in [0.2, 0.25) is 5.91 Å². The largest absolute Gasteiger partial charge is 0.398 e. The van der Waals surface area contributed by atoms with Crippen molar-refractivity contribution >= 4 is 45.2 Å². The van der Waals surface area contributed by atoms with Crippen LogP contribution in [0.25, 0.3) is 0 Å². The van der Waals surface area contributed by atoms with Gasteiger partial charge in [0.25, 0.3) is 5.91 Å². The van der Waals surface area contributed by atoms with Crippen LogP contribution < -0.4 is 16.4 Å². The number of nitrogens with one attached hydrogen (secondary N) is 2. The van der Waals surface area contributed by atoms with E-state index in [1.54, 1.807) is 30.0 Å². The number of nitrogens with two attached hydrogens (primary N) is 1. The molecule has 0 spiro atoms. The van der Waals surface area contributed by atoms with E-state index in [0.717, 1.165) is 36.9 Å². The number of nitrogens with zero attached hydrogens (tertiary/aromatic N) is 1. The Balaban J connectivity index is 1.34. The molecule has 6 nitrogen and oxygen atoms in total. The quantitative estimate of drug-likeness (QED) is 0.378. The SMILES string of the molecule is CSc1ccc(CN2CCC(CNC(=O)CNC(=O)c3cc(Br)ccc3N)CC2)cc1. The maximum atomic E-state index is 12.3. The number of hydrogen-bond acceptors (Lipinski definition) is 5. The third-order valence-corrected chi connectivity index (χ3v) is 6.77. The second kappa shape index (κ2) is 11.5. The van der Waals surface area contributed by atoms with Gasteiger partial charge < -0.3 is 16.4 Å². The minimum absolute atomic E-state index is 0.0598. The summed E-state index contributed by atoms with van der Waals surface area (Å²) in [5.41, 5.74) is 7.92. The lowest BCUT2D eigenvalue weighted by molar-refractivity contribution is -0.120. The monoisotopic (exact) mass is 504 g/mol. The number of carbonyl (C=O) groups excluding carboxylic acids is 2. The van der Waals surface area contributed by atoms with E-state index in [1.807, 2.05) is 0 Å². The highest BCUT2D eigenvalue weighted by Crippen LogP contribution is 2.21. The first-order chi connectivity index (χ1) is 14.9. The topological polar surface area (TPSA) is 87.5 Å². The maximum Gasteiger partial charge on any atom is 0.253 e. The molecule has 0 aliphatic carbocycles. The standard InChI is InChI=1S/C23H29BrN4O2S/c1-31-19-5-2-17(3-6-19)15-28-10-8-16(9-11-28)13-26-22(29)14-27-23(30)20-12-18(24)4-7-21(20)25/h2-7,12,16H,8-11,13-15,25H2,1H3,(H,26,29)(H,27,30). The molecule has 0 bridgehead atoms. The van der Waals surface area contributed by atoms with Crippen LogP contribution in [-0.2, 0) is 11.3 Å². The van der Waals surface area contributed by atoms with Crippen molar-refractivity contribution in [3.05, 3.63) is 58.1 Å². The molecule has 4 N–H and O–H groups in total. The van der Waals surface area contributed by atoms with Crippen LogP contribution in [0.4, 0.5) is 5.69 Å². The van der Waals surface area contributed by atoms with Gasteiger partial charge in [-0.15, -0.1) is 11.8 Å². The van der Waals surface area contributed by atoms with Crippen molar-refractivity contribution in [1.82, 2.24) is 15.5 Å². The number of piperidine rings is 1. The molecule has 2 aromatic rings. The molecule has 3 rings (SSSR count). The summed E-state index contributed by atoms with van der Waals surface area (Å²) in [6, 6.07) is 13.8. The highest BCUT2D eigenvalue weighted by Gasteiger charge is 2.20. The van der Waals surface area contributed by atoms with Crippen LogP contribution in [0.1, 0.15) is 28.8 Å². The summed E-state index contributed by atoms with van der Waals surface area (Å²) in [5, 5.41) is 5.58. The molecule has 0 saturated carbocycles. The third-order valence-electron chi connectivity index (χ3n) is 5.53. The van der Waals surface area contributed by atoms with Gasteiger partial charge in [0.1, 0.15) is 0 Å². The van der Waals surface area contributed by atoms with Gasteiger partial charge in [-0.05, 0) is 74.0 Å². The van der Waals surface area contributed by atoms with Gasteiger partial charge >= 0.3 is 0 Å². The zero-order chi connectivity index (χ0) is 22.2. The highest BCUT2D eigenvalue weighted by atomic mass is 79.9. The van der Waals surface area contributed by atoms with Crippen LogP contribution in [0.15, 0.2) is 51.8 Å². The minimum atomic E-state index is -0.354. The number of benzene rings is 2. The smallest absolute Gasteiger partial charge is 0.253 e. The fourth-order valence-electron chi connectivity index (χ4n) is 3.64. The molecule has 1 fully saturated rings. The van der Waals surface area contributed by atoms with Gasteiger partial charge in [-0.3, -0.25) is 14.5 Å². The average Bonchev–Trinajstić information content (AvgIpc) is 2.79. The van der Waals surface area contributed by atoms with Crippen LogP contribution in [-0.4, -0.2) is 49.1 Å². The second-order valence-corrected chi connectivity index (χ2v) is 9.58. The molecule has 2 aromatic carbocycles. The third kappa shape index (κ3) is 7.26. The molecule has 1 heterocycles. The van der Waals surface area contributed by atoms with Crippen LogP contribution in [0.2, 0.25) is 0 Å². The zero-order valence-electron chi connectivity index (χ0n) is 17.7.